The molecule has 0 bridgehead atoms. The lowest BCUT2D eigenvalue weighted by Crippen LogP contribution is -2.41. The molecule has 0 saturated heterocycles. The molecule has 2 heterocycles. The van der Waals surface area contributed by atoms with E-state index in [-0.39, 0.29) is 23.4 Å². The van der Waals surface area contributed by atoms with Gasteiger partial charge in [-0.1, -0.05) is 54.5 Å². The molecule has 5 atom stereocenters. The molecule has 0 spiro atoms. The van der Waals surface area contributed by atoms with E-state index in [1.165, 1.54) is 19.5 Å². The van der Waals surface area contributed by atoms with Crippen LogP contribution in [0, 0.1) is 23.2 Å². The Bertz CT molecular complexity index is 1620. The highest BCUT2D eigenvalue weighted by molar-refractivity contribution is 5.89. The molecule has 38 heavy (non-hydrogen) atoms. The molecule has 2 aromatic carbocycles. The molecule has 4 N–H and O–H groups in total. The number of nitrogens with zero attached hydrogens (tertiary/aromatic N) is 4. The van der Waals surface area contributed by atoms with E-state index >= 15 is 0 Å². The topological polar surface area (TPSA) is 133 Å². The molecular weight excluding hydrogens is 482 g/mol. The second-order valence-electron chi connectivity index (χ2n) is 9.62. The zero-order chi connectivity index (χ0) is 26.4. The van der Waals surface area contributed by atoms with Crippen molar-refractivity contribution in [2.24, 2.45) is 11.3 Å². The highest BCUT2D eigenvalue weighted by Gasteiger charge is 2.75. The van der Waals surface area contributed by atoms with Crippen molar-refractivity contribution in [3.63, 3.8) is 0 Å². The van der Waals surface area contributed by atoms with Crippen LogP contribution < -0.4 is 5.32 Å². The second-order valence-corrected chi connectivity index (χ2v) is 9.62. The van der Waals surface area contributed by atoms with E-state index in [2.05, 4.69) is 32.1 Å². The van der Waals surface area contributed by atoms with Crippen LogP contribution in [0.3, 0.4) is 0 Å². The predicted octanol–water partition coefficient (Wildman–Crippen LogP) is 2.31. The smallest absolute Gasteiger partial charge is 0.229 e. The largest absolute Gasteiger partial charge is 0.507 e. The van der Waals surface area contributed by atoms with Gasteiger partial charge in [-0.05, 0) is 24.5 Å². The minimum atomic E-state index is -1.21. The first-order valence-corrected chi connectivity index (χ1v) is 12.3. The van der Waals surface area contributed by atoms with Gasteiger partial charge >= 0.3 is 0 Å². The summed E-state index contributed by atoms with van der Waals surface area (Å²) >= 11 is 0. The van der Waals surface area contributed by atoms with Gasteiger partial charge in [-0.25, -0.2) is 15.0 Å². The molecule has 9 heteroatoms. The van der Waals surface area contributed by atoms with Crippen LogP contribution in [-0.2, 0) is 4.79 Å². The number of aliphatic hydroxyl groups excluding tert-OH is 3. The van der Waals surface area contributed by atoms with Crippen molar-refractivity contribution >= 4 is 28.9 Å². The summed E-state index contributed by atoms with van der Waals surface area (Å²) in [5.41, 5.74) is 1.51. The molecule has 1 amide bonds. The Labute approximate surface area is 218 Å². The maximum atomic E-state index is 12.6. The van der Waals surface area contributed by atoms with Crippen LogP contribution in [-0.4, -0.2) is 60.0 Å². The fraction of sp³-hybridized carbons (Fsp3) is 0.241. The van der Waals surface area contributed by atoms with E-state index in [4.69, 9.17) is 0 Å². The molecule has 2 aliphatic carbocycles. The molecule has 190 valence electrons. The number of carbonyl (C=O) groups is 1. The second kappa shape index (κ2) is 9.10. The van der Waals surface area contributed by atoms with Crippen LogP contribution in [0.2, 0.25) is 0 Å². The number of fused-ring (bicyclic) bond motifs is 2. The molecule has 0 radical (unpaired) electrons. The van der Waals surface area contributed by atoms with Gasteiger partial charge in [0.25, 0.3) is 0 Å². The van der Waals surface area contributed by atoms with Crippen molar-refractivity contribution in [1.82, 2.24) is 24.8 Å². The number of aliphatic hydroxyl groups is 3. The molecule has 2 aromatic heterocycles. The van der Waals surface area contributed by atoms with Gasteiger partial charge in [0.2, 0.25) is 11.7 Å². The summed E-state index contributed by atoms with van der Waals surface area (Å²) in [6, 6.07) is 17.9. The Morgan fingerprint density at radius 2 is 1.79 bits per heavy atom. The van der Waals surface area contributed by atoms with Crippen molar-refractivity contribution < 1.29 is 20.1 Å². The van der Waals surface area contributed by atoms with Crippen LogP contribution in [0.4, 0.5) is 0 Å². The van der Waals surface area contributed by atoms with Gasteiger partial charge in [-0.2, -0.15) is 0 Å². The quantitative estimate of drug-likeness (QED) is 0.246. The molecule has 0 aliphatic heterocycles. The average Bonchev–Trinajstić information content (AvgIpc) is 3.49. The zero-order valence-electron chi connectivity index (χ0n) is 20.5. The van der Waals surface area contributed by atoms with Gasteiger partial charge in [0.1, 0.15) is 17.4 Å². The maximum absolute atomic E-state index is 12.6. The number of nitrogens with one attached hydrogen (secondary N) is 1. The lowest BCUT2D eigenvalue weighted by molar-refractivity contribution is -0.132. The summed E-state index contributed by atoms with van der Waals surface area (Å²) in [5, 5.41) is 35.2. The normalized spacial score (nSPS) is 25.9. The number of rotatable bonds is 4. The van der Waals surface area contributed by atoms with E-state index < -0.39 is 23.7 Å². The summed E-state index contributed by atoms with van der Waals surface area (Å²) in [7, 11) is 1.52. The van der Waals surface area contributed by atoms with Crippen molar-refractivity contribution in [3.05, 3.63) is 89.6 Å². The lowest BCUT2D eigenvalue weighted by Gasteiger charge is -2.23. The van der Waals surface area contributed by atoms with E-state index in [9.17, 15) is 20.1 Å². The van der Waals surface area contributed by atoms with Crippen molar-refractivity contribution in [2.75, 3.05) is 7.05 Å². The third kappa shape index (κ3) is 3.74. The van der Waals surface area contributed by atoms with Crippen LogP contribution >= 0.6 is 0 Å². The number of amides is 1. The Morgan fingerprint density at radius 1 is 1.08 bits per heavy atom. The summed E-state index contributed by atoms with van der Waals surface area (Å²) in [4.78, 5) is 26.3. The number of aromatic nitrogens is 4. The number of hydrogen-bond donors (Lipinski definition) is 4. The van der Waals surface area contributed by atoms with E-state index in [1.54, 1.807) is 16.7 Å². The van der Waals surface area contributed by atoms with Crippen molar-refractivity contribution in [1.29, 1.82) is 0 Å². The number of hydrogen-bond acceptors (Lipinski definition) is 7. The zero-order valence-corrected chi connectivity index (χ0v) is 20.5. The number of carbonyl (C=O) groups excluding carboxylic acids is 1. The number of imidazole rings is 1. The van der Waals surface area contributed by atoms with Gasteiger partial charge in [-0.3, -0.25) is 4.79 Å². The number of benzene rings is 2. The van der Waals surface area contributed by atoms with Crippen LogP contribution in [0.15, 0.2) is 67.0 Å². The molecule has 2 aliphatic rings. The standard InChI is InChI=1S/C29H25N5O4/c1-30-28(38)29-15-19(29)24(25(36)26(29)37)34-16-31-23-20(14-21(35)18-10-6-3-7-11-18)32-22(33-27(23)34)13-12-17-8-4-2-5-9-17/h2-11,14,16,19,24-26,35-37H,15H2,1H3,(H,30,38)/b21-14-/t19?,24-,25+,26+,29?/m1/s1. The third-order valence-electron chi connectivity index (χ3n) is 7.53. The highest BCUT2D eigenvalue weighted by Crippen LogP contribution is 2.67. The van der Waals surface area contributed by atoms with Gasteiger partial charge < -0.3 is 25.2 Å². The van der Waals surface area contributed by atoms with E-state index in [0.717, 1.165) is 5.56 Å². The first-order valence-electron chi connectivity index (χ1n) is 12.3. The Hall–Kier alpha value is -4.52. The van der Waals surface area contributed by atoms with Gasteiger partial charge in [0.05, 0.1) is 29.6 Å². The minimum Gasteiger partial charge on any atom is -0.507 e. The predicted molar refractivity (Wildman–Crippen MR) is 140 cm³/mol. The molecule has 9 nitrogen and oxygen atoms in total. The van der Waals surface area contributed by atoms with E-state index in [1.807, 2.05) is 48.5 Å². The monoisotopic (exact) mass is 507 g/mol. The molecule has 6 rings (SSSR count). The Kier molecular flexibility index (Phi) is 5.71. The molecule has 2 fully saturated rings. The average molecular weight is 508 g/mol. The van der Waals surface area contributed by atoms with Gasteiger partial charge in [0, 0.05) is 30.2 Å². The SMILES string of the molecule is CNC(=O)C12CC1[C@@H](n1cnc3c(/C=C(\O)c4ccccc4)nc(C#Cc4ccccc4)nc31)[C@H](O)[C@@H]2O. The lowest BCUT2D eigenvalue weighted by atomic mass is 9.98. The Balaban J connectivity index is 1.48. The van der Waals surface area contributed by atoms with Gasteiger partial charge in [-0.15, -0.1) is 0 Å². The van der Waals surface area contributed by atoms with E-state index in [0.29, 0.717) is 28.8 Å². The molecule has 2 unspecified atom stereocenters. The summed E-state index contributed by atoms with van der Waals surface area (Å²) in [6.45, 7) is 0. The first kappa shape index (κ1) is 23.9. The maximum Gasteiger partial charge on any atom is 0.229 e. The summed E-state index contributed by atoms with van der Waals surface area (Å²) in [5.74, 6) is 5.67. The fourth-order valence-corrected chi connectivity index (χ4v) is 5.57. The molecule has 2 saturated carbocycles. The van der Waals surface area contributed by atoms with Crippen LogP contribution in [0.25, 0.3) is 23.0 Å². The van der Waals surface area contributed by atoms with Gasteiger partial charge in [0.15, 0.2) is 5.65 Å². The van der Waals surface area contributed by atoms with Crippen LogP contribution in [0.1, 0.15) is 35.1 Å². The third-order valence-corrected chi connectivity index (χ3v) is 7.53. The minimum absolute atomic E-state index is 0.000677. The summed E-state index contributed by atoms with van der Waals surface area (Å²) in [6.07, 6.45) is 1.09. The van der Waals surface area contributed by atoms with Crippen LogP contribution in [0.5, 0.6) is 0 Å². The fourth-order valence-electron chi connectivity index (χ4n) is 5.57. The van der Waals surface area contributed by atoms with Crippen molar-refractivity contribution in [2.45, 2.75) is 24.7 Å². The highest BCUT2D eigenvalue weighted by atomic mass is 16.3. The molecule has 4 aromatic rings. The molecular formula is C29H25N5O4. The van der Waals surface area contributed by atoms with Crippen molar-refractivity contribution in [3.8, 4) is 11.8 Å². The first-order chi connectivity index (χ1) is 18.4. The summed E-state index contributed by atoms with van der Waals surface area (Å²) < 4.78 is 1.69. The Morgan fingerprint density at radius 3 is 2.50 bits per heavy atom.